The maximum atomic E-state index is 12.2. The molecule has 2 aromatic rings. The van der Waals surface area contributed by atoms with Crippen molar-refractivity contribution in [1.29, 1.82) is 5.41 Å². The highest BCUT2D eigenvalue weighted by atomic mass is 32.2. The average Bonchev–Trinajstić information content (AvgIpc) is 2.70. The van der Waals surface area contributed by atoms with Gasteiger partial charge in [0.15, 0.2) is 0 Å². The first-order valence-electron chi connectivity index (χ1n) is 9.56. The van der Waals surface area contributed by atoms with Gasteiger partial charge >= 0.3 is 5.97 Å². The number of rotatable bonds is 12. The molecule has 0 spiro atoms. The van der Waals surface area contributed by atoms with Crippen molar-refractivity contribution in [2.24, 2.45) is 5.73 Å². The van der Waals surface area contributed by atoms with E-state index in [-0.39, 0.29) is 18.2 Å². The molecule has 2 rings (SSSR count). The minimum atomic E-state index is -0.919. The molecule has 0 aliphatic heterocycles. The number of hydrogen-bond acceptors (Lipinski definition) is 4. The second kappa shape index (κ2) is 11.9. The van der Waals surface area contributed by atoms with Crippen LogP contribution in [0.3, 0.4) is 0 Å². The molecule has 0 bridgehead atoms. The number of amides is 1. The van der Waals surface area contributed by atoms with Gasteiger partial charge in [0.05, 0.1) is 6.42 Å². The lowest BCUT2D eigenvalue weighted by atomic mass is 10.0. The molecule has 0 aliphatic carbocycles. The maximum Gasteiger partial charge on any atom is 0.305 e. The number of nitrogen functional groups attached to an aromatic ring is 1. The Morgan fingerprint density at radius 3 is 2.38 bits per heavy atom. The molecule has 1 amide bonds. The van der Waals surface area contributed by atoms with Crippen molar-refractivity contribution in [3.8, 4) is 0 Å². The van der Waals surface area contributed by atoms with Crippen LogP contribution in [0.2, 0.25) is 0 Å². The molecule has 0 aromatic heterocycles. The summed E-state index contributed by atoms with van der Waals surface area (Å²) in [4.78, 5) is 24.4. The number of carbonyl (C=O) groups excluding carboxylic acids is 1. The molecule has 7 heteroatoms. The lowest BCUT2D eigenvalue weighted by Gasteiger charge is -2.16. The molecule has 0 saturated carbocycles. The van der Waals surface area contributed by atoms with Crippen LogP contribution in [-0.4, -0.2) is 34.6 Å². The minimum absolute atomic E-state index is 0.0505. The van der Waals surface area contributed by atoms with Gasteiger partial charge in [-0.2, -0.15) is 0 Å². The maximum absolute atomic E-state index is 12.2. The van der Waals surface area contributed by atoms with Gasteiger partial charge in [-0.3, -0.25) is 15.0 Å². The number of carboxylic acid groups (broad SMARTS) is 1. The summed E-state index contributed by atoms with van der Waals surface area (Å²) in [5.74, 6) is -0.464. The van der Waals surface area contributed by atoms with Gasteiger partial charge in [-0.25, -0.2) is 0 Å². The third-order valence-electron chi connectivity index (χ3n) is 4.36. The Balaban J connectivity index is 1.72. The smallest absolute Gasteiger partial charge is 0.305 e. The zero-order chi connectivity index (χ0) is 21.1. The van der Waals surface area contributed by atoms with Crippen molar-refractivity contribution in [2.45, 2.75) is 43.0 Å². The van der Waals surface area contributed by atoms with Gasteiger partial charge in [0, 0.05) is 28.7 Å². The highest BCUT2D eigenvalue weighted by Gasteiger charge is 2.16. The summed E-state index contributed by atoms with van der Waals surface area (Å²) in [6, 6.07) is 16.9. The molecular weight excluding hydrogens is 386 g/mol. The zero-order valence-corrected chi connectivity index (χ0v) is 17.1. The van der Waals surface area contributed by atoms with Crippen LogP contribution in [0.25, 0.3) is 0 Å². The van der Waals surface area contributed by atoms with Crippen LogP contribution in [-0.2, 0) is 16.0 Å². The van der Waals surface area contributed by atoms with Crippen LogP contribution in [0.15, 0.2) is 59.5 Å². The van der Waals surface area contributed by atoms with Crippen molar-refractivity contribution in [3.05, 3.63) is 65.7 Å². The molecule has 29 heavy (non-hydrogen) atoms. The number of benzene rings is 2. The van der Waals surface area contributed by atoms with Gasteiger partial charge in [-0.15, -0.1) is 11.8 Å². The Kier molecular flexibility index (Phi) is 9.24. The normalized spacial score (nSPS) is 11.6. The Morgan fingerprint density at radius 1 is 1.07 bits per heavy atom. The van der Waals surface area contributed by atoms with Crippen molar-refractivity contribution < 1.29 is 14.7 Å². The van der Waals surface area contributed by atoms with E-state index in [4.69, 9.17) is 16.2 Å². The predicted molar refractivity (Wildman–Crippen MR) is 116 cm³/mol. The molecule has 0 heterocycles. The van der Waals surface area contributed by atoms with Crippen LogP contribution in [0.4, 0.5) is 0 Å². The summed E-state index contributed by atoms with van der Waals surface area (Å²) in [6.45, 7) is 0. The van der Waals surface area contributed by atoms with Crippen LogP contribution in [0.1, 0.15) is 36.8 Å². The third kappa shape index (κ3) is 8.83. The summed E-state index contributed by atoms with van der Waals surface area (Å²) < 4.78 is 0. The highest BCUT2D eigenvalue weighted by molar-refractivity contribution is 7.99. The van der Waals surface area contributed by atoms with Gasteiger partial charge in [-0.05, 0) is 37.0 Å². The fourth-order valence-electron chi connectivity index (χ4n) is 2.84. The summed E-state index contributed by atoms with van der Waals surface area (Å²) in [5.41, 5.74) is 7.28. The second-order valence-corrected chi connectivity index (χ2v) is 7.90. The molecule has 6 nitrogen and oxygen atoms in total. The SMILES string of the molecule is N=C(N)c1ccc(CCCCC(=O)NC(CSc2ccccc2)CC(=O)O)cc1. The summed E-state index contributed by atoms with van der Waals surface area (Å²) in [5, 5.41) is 19.4. The lowest BCUT2D eigenvalue weighted by molar-refractivity contribution is -0.137. The Morgan fingerprint density at radius 2 is 1.76 bits per heavy atom. The number of aryl methyl sites for hydroxylation is 1. The van der Waals surface area contributed by atoms with Crippen molar-refractivity contribution in [2.75, 3.05) is 5.75 Å². The largest absolute Gasteiger partial charge is 0.481 e. The molecular formula is C22H27N3O3S. The highest BCUT2D eigenvalue weighted by Crippen LogP contribution is 2.19. The van der Waals surface area contributed by atoms with Crippen LogP contribution < -0.4 is 11.1 Å². The Bertz CT molecular complexity index is 810. The van der Waals surface area contributed by atoms with E-state index in [1.54, 1.807) is 0 Å². The third-order valence-corrected chi connectivity index (χ3v) is 5.54. The van der Waals surface area contributed by atoms with Gasteiger partial charge in [0.1, 0.15) is 5.84 Å². The first-order chi connectivity index (χ1) is 13.9. The summed E-state index contributed by atoms with van der Waals surface area (Å²) in [6.07, 6.45) is 2.71. The number of nitrogens with one attached hydrogen (secondary N) is 2. The number of hydrogen-bond donors (Lipinski definition) is 4. The minimum Gasteiger partial charge on any atom is -0.481 e. The first-order valence-corrected chi connectivity index (χ1v) is 10.5. The van der Waals surface area contributed by atoms with Gasteiger partial charge in [0.25, 0.3) is 0 Å². The van der Waals surface area contributed by atoms with Crippen molar-refractivity contribution >= 4 is 29.5 Å². The van der Waals surface area contributed by atoms with Crippen LogP contribution in [0, 0.1) is 5.41 Å². The van der Waals surface area contributed by atoms with E-state index in [1.165, 1.54) is 11.8 Å². The fraction of sp³-hybridized carbons (Fsp3) is 0.318. The number of carbonyl (C=O) groups is 2. The summed E-state index contributed by atoms with van der Waals surface area (Å²) in [7, 11) is 0. The standard InChI is InChI=1S/C22H27N3O3S/c23-22(24)17-12-10-16(11-13-17)6-4-5-9-20(26)25-18(14-21(27)28)15-29-19-7-2-1-3-8-19/h1-3,7-8,10-13,18H,4-6,9,14-15H2,(H3,23,24)(H,25,26)(H,27,28). The molecule has 5 N–H and O–H groups in total. The lowest BCUT2D eigenvalue weighted by Crippen LogP contribution is -2.38. The first kappa shape index (κ1) is 22.5. The number of nitrogens with two attached hydrogens (primary N) is 1. The number of thioether (sulfide) groups is 1. The van der Waals surface area contributed by atoms with E-state index in [0.29, 0.717) is 17.7 Å². The zero-order valence-electron chi connectivity index (χ0n) is 16.3. The molecule has 0 aliphatic rings. The van der Waals surface area contributed by atoms with E-state index < -0.39 is 12.0 Å². The fourth-order valence-corrected chi connectivity index (χ4v) is 3.79. The van der Waals surface area contributed by atoms with Crippen molar-refractivity contribution in [1.82, 2.24) is 5.32 Å². The quantitative estimate of drug-likeness (QED) is 0.184. The number of unbranched alkanes of at least 4 members (excludes halogenated alkanes) is 1. The Hall–Kier alpha value is -2.80. The van der Waals surface area contributed by atoms with Gasteiger partial charge < -0.3 is 16.2 Å². The molecule has 1 atom stereocenters. The average molecular weight is 414 g/mol. The molecule has 0 saturated heterocycles. The monoisotopic (exact) mass is 413 g/mol. The molecule has 2 aromatic carbocycles. The molecule has 154 valence electrons. The number of aliphatic carboxylic acids is 1. The van der Waals surface area contributed by atoms with Crippen LogP contribution >= 0.6 is 11.8 Å². The van der Waals surface area contributed by atoms with Gasteiger partial charge in [-0.1, -0.05) is 42.5 Å². The summed E-state index contributed by atoms with van der Waals surface area (Å²) >= 11 is 1.54. The Labute approximate surface area is 175 Å². The van der Waals surface area contributed by atoms with Crippen molar-refractivity contribution in [3.63, 3.8) is 0 Å². The molecule has 0 radical (unpaired) electrons. The topological polar surface area (TPSA) is 116 Å². The molecule has 1 unspecified atom stereocenters. The predicted octanol–water partition coefficient (Wildman–Crippen LogP) is 3.44. The van der Waals surface area contributed by atoms with E-state index in [0.717, 1.165) is 29.7 Å². The van der Waals surface area contributed by atoms with E-state index >= 15 is 0 Å². The van der Waals surface area contributed by atoms with E-state index in [1.807, 2.05) is 54.6 Å². The van der Waals surface area contributed by atoms with Gasteiger partial charge in [0.2, 0.25) is 5.91 Å². The number of carboxylic acids is 1. The number of amidine groups is 1. The van der Waals surface area contributed by atoms with E-state index in [2.05, 4.69) is 5.32 Å². The second-order valence-electron chi connectivity index (χ2n) is 6.80. The van der Waals surface area contributed by atoms with Crippen LogP contribution in [0.5, 0.6) is 0 Å². The molecule has 0 fully saturated rings. The van der Waals surface area contributed by atoms with E-state index in [9.17, 15) is 9.59 Å².